The maximum Gasteiger partial charge on any atom is 0.0620 e. The van der Waals surface area contributed by atoms with Crippen molar-refractivity contribution in [1.29, 1.82) is 0 Å². The molecular weight excluding hydrogens is 202 g/mol. The highest BCUT2D eigenvalue weighted by Crippen LogP contribution is 2.05. The van der Waals surface area contributed by atoms with Crippen molar-refractivity contribution in [2.45, 2.75) is 52.5 Å². The first-order valence-corrected chi connectivity index (χ1v) is 6.66. The summed E-state index contributed by atoms with van der Waals surface area (Å²) in [6, 6.07) is 0.304. The minimum absolute atomic E-state index is 0.231. The fraction of sp³-hybridized carbons (Fsp3) is 1.00. The van der Waals surface area contributed by atoms with E-state index >= 15 is 0 Å². The zero-order valence-corrected chi connectivity index (χ0v) is 11.2. The van der Waals surface area contributed by atoms with Gasteiger partial charge in [-0.25, -0.2) is 0 Å². The van der Waals surface area contributed by atoms with Crippen LogP contribution in [0.15, 0.2) is 0 Å². The minimum Gasteiger partial charge on any atom is -0.396 e. The second-order valence-electron chi connectivity index (χ2n) is 4.59. The van der Waals surface area contributed by atoms with Crippen molar-refractivity contribution in [2.24, 2.45) is 5.92 Å². The van der Waals surface area contributed by atoms with E-state index in [0.717, 1.165) is 26.0 Å². The standard InChI is InChI=1S/C13H29NO2/c1-4-6-12(3)10-16-11-13(7-9-15)14-8-5-2/h12-15H,4-11H2,1-3H3. The van der Waals surface area contributed by atoms with E-state index < -0.39 is 0 Å². The Morgan fingerprint density at radius 1 is 1.12 bits per heavy atom. The van der Waals surface area contributed by atoms with E-state index in [1.54, 1.807) is 0 Å². The Morgan fingerprint density at radius 2 is 1.88 bits per heavy atom. The number of ether oxygens (including phenoxy) is 1. The second-order valence-corrected chi connectivity index (χ2v) is 4.59. The van der Waals surface area contributed by atoms with E-state index in [1.165, 1.54) is 12.8 Å². The molecule has 0 fully saturated rings. The summed E-state index contributed by atoms with van der Waals surface area (Å²) in [6.07, 6.45) is 4.35. The van der Waals surface area contributed by atoms with Crippen LogP contribution in [0.1, 0.15) is 46.5 Å². The molecule has 0 aromatic heterocycles. The van der Waals surface area contributed by atoms with Gasteiger partial charge >= 0.3 is 0 Å². The topological polar surface area (TPSA) is 41.5 Å². The molecule has 98 valence electrons. The van der Waals surface area contributed by atoms with Crippen molar-refractivity contribution in [2.75, 3.05) is 26.4 Å². The third kappa shape index (κ3) is 9.13. The molecule has 16 heavy (non-hydrogen) atoms. The van der Waals surface area contributed by atoms with Crippen LogP contribution in [0.5, 0.6) is 0 Å². The summed E-state index contributed by atoms with van der Waals surface area (Å²) >= 11 is 0. The van der Waals surface area contributed by atoms with Crippen LogP contribution in [0.25, 0.3) is 0 Å². The quantitative estimate of drug-likeness (QED) is 0.573. The van der Waals surface area contributed by atoms with Gasteiger partial charge in [0.05, 0.1) is 6.61 Å². The summed E-state index contributed by atoms with van der Waals surface area (Å²) in [5, 5.41) is 12.3. The van der Waals surface area contributed by atoms with Crippen molar-refractivity contribution < 1.29 is 9.84 Å². The van der Waals surface area contributed by atoms with Gasteiger partial charge in [-0.15, -0.1) is 0 Å². The van der Waals surface area contributed by atoms with Crippen molar-refractivity contribution in [3.63, 3.8) is 0 Å². The number of hydrogen-bond donors (Lipinski definition) is 2. The SMILES string of the molecule is CCCNC(CCO)COCC(C)CCC. The summed E-state index contributed by atoms with van der Waals surface area (Å²) < 4.78 is 5.69. The number of rotatable bonds is 11. The molecule has 0 bridgehead atoms. The van der Waals surface area contributed by atoms with E-state index in [9.17, 15) is 0 Å². The first kappa shape index (κ1) is 15.9. The zero-order chi connectivity index (χ0) is 12.2. The predicted molar refractivity (Wildman–Crippen MR) is 68.7 cm³/mol. The largest absolute Gasteiger partial charge is 0.396 e. The van der Waals surface area contributed by atoms with Crippen molar-refractivity contribution >= 4 is 0 Å². The van der Waals surface area contributed by atoms with E-state index in [2.05, 4.69) is 26.1 Å². The fourth-order valence-electron chi connectivity index (χ4n) is 1.74. The van der Waals surface area contributed by atoms with E-state index in [4.69, 9.17) is 9.84 Å². The maximum absolute atomic E-state index is 8.93. The highest BCUT2D eigenvalue weighted by atomic mass is 16.5. The summed E-state index contributed by atoms with van der Waals surface area (Å²) in [5.74, 6) is 0.644. The van der Waals surface area contributed by atoms with Crippen LogP contribution in [0.3, 0.4) is 0 Å². The number of aliphatic hydroxyl groups excluding tert-OH is 1. The molecule has 0 saturated carbocycles. The van der Waals surface area contributed by atoms with Crippen molar-refractivity contribution in [1.82, 2.24) is 5.32 Å². The minimum atomic E-state index is 0.231. The average Bonchev–Trinajstić information content (AvgIpc) is 2.26. The fourth-order valence-corrected chi connectivity index (χ4v) is 1.74. The van der Waals surface area contributed by atoms with Gasteiger partial charge in [-0.05, 0) is 31.7 Å². The van der Waals surface area contributed by atoms with E-state index in [-0.39, 0.29) is 6.61 Å². The predicted octanol–water partition coefficient (Wildman–Crippen LogP) is 2.19. The molecule has 3 heteroatoms. The van der Waals surface area contributed by atoms with Gasteiger partial charge < -0.3 is 15.2 Å². The molecule has 2 N–H and O–H groups in total. The molecule has 0 radical (unpaired) electrons. The lowest BCUT2D eigenvalue weighted by atomic mass is 10.1. The molecule has 2 unspecified atom stereocenters. The van der Waals surface area contributed by atoms with Crippen LogP contribution >= 0.6 is 0 Å². The molecule has 0 aliphatic carbocycles. The lowest BCUT2D eigenvalue weighted by molar-refractivity contribution is 0.0766. The first-order chi connectivity index (χ1) is 7.74. The average molecular weight is 231 g/mol. The normalized spacial score (nSPS) is 15.0. The Bertz CT molecular complexity index is 142. The molecule has 0 rings (SSSR count). The van der Waals surface area contributed by atoms with Gasteiger partial charge in [0, 0.05) is 19.3 Å². The summed E-state index contributed by atoms with van der Waals surface area (Å²) in [7, 11) is 0. The van der Waals surface area contributed by atoms with Crippen LogP contribution in [-0.4, -0.2) is 37.5 Å². The van der Waals surface area contributed by atoms with E-state index in [1.807, 2.05) is 0 Å². The highest BCUT2D eigenvalue weighted by molar-refractivity contribution is 4.65. The number of nitrogens with one attached hydrogen (secondary N) is 1. The van der Waals surface area contributed by atoms with Gasteiger partial charge in [0.25, 0.3) is 0 Å². The molecule has 3 nitrogen and oxygen atoms in total. The van der Waals surface area contributed by atoms with Crippen LogP contribution in [0.4, 0.5) is 0 Å². The van der Waals surface area contributed by atoms with Crippen LogP contribution < -0.4 is 5.32 Å². The molecule has 0 amide bonds. The molecule has 0 aliphatic rings. The Labute approximate surface area is 101 Å². The summed E-state index contributed by atoms with van der Waals surface area (Å²) in [5.41, 5.74) is 0. The Hall–Kier alpha value is -0.120. The number of aliphatic hydroxyl groups is 1. The Morgan fingerprint density at radius 3 is 2.44 bits per heavy atom. The third-order valence-electron chi connectivity index (χ3n) is 2.66. The number of hydrogen-bond acceptors (Lipinski definition) is 3. The monoisotopic (exact) mass is 231 g/mol. The Kier molecular flexibility index (Phi) is 11.3. The van der Waals surface area contributed by atoms with Gasteiger partial charge in [-0.3, -0.25) is 0 Å². The maximum atomic E-state index is 8.93. The third-order valence-corrected chi connectivity index (χ3v) is 2.66. The van der Waals surface area contributed by atoms with Crippen LogP contribution in [-0.2, 0) is 4.74 Å². The molecule has 0 spiro atoms. The van der Waals surface area contributed by atoms with Gasteiger partial charge in [0.2, 0.25) is 0 Å². The molecule has 0 aromatic carbocycles. The molecule has 2 atom stereocenters. The lowest BCUT2D eigenvalue weighted by Crippen LogP contribution is -2.35. The van der Waals surface area contributed by atoms with Gasteiger partial charge in [0.15, 0.2) is 0 Å². The summed E-state index contributed by atoms with van der Waals surface area (Å²) in [6.45, 7) is 9.36. The van der Waals surface area contributed by atoms with Crippen LogP contribution in [0.2, 0.25) is 0 Å². The second kappa shape index (κ2) is 11.4. The van der Waals surface area contributed by atoms with Gasteiger partial charge in [0.1, 0.15) is 0 Å². The first-order valence-electron chi connectivity index (χ1n) is 6.66. The molecule has 0 heterocycles. The molecular formula is C13H29NO2. The van der Waals surface area contributed by atoms with Crippen LogP contribution in [0, 0.1) is 5.92 Å². The molecule has 0 aromatic rings. The molecule has 0 aliphatic heterocycles. The lowest BCUT2D eigenvalue weighted by Gasteiger charge is -2.19. The van der Waals surface area contributed by atoms with Gasteiger partial charge in [-0.1, -0.05) is 27.2 Å². The van der Waals surface area contributed by atoms with Crippen molar-refractivity contribution in [3.05, 3.63) is 0 Å². The zero-order valence-electron chi connectivity index (χ0n) is 11.2. The summed E-state index contributed by atoms with van der Waals surface area (Å²) in [4.78, 5) is 0. The smallest absolute Gasteiger partial charge is 0.0620 e. The molecule has 0 saturated heterocycles. The van der Waals surface area contributed by atoms with E-state index in [0.29, 0.717) is 18.6 Å². The highest BCUT2D eigenvalue weighted by Gasteiger charge is 2.08. The Balaban J connectivity index is 3.57. The van der Waals surface area contributed by atoms with Crippen molar-refractivity contribution in [3.8, 4) is 0 Å². The van der Waals surface area contributed by atoms with Gasteiger partial charge in [-0.2, -0.15) is 0 Å².